The number of aromatic hydroxyl groups is 1. The monoisotopic (exact) mass is 652 g/mol. The van der Waals surface area contributed by atoms with E-state index in [4.69, 9.17) is 4.74 Å². The fraction of sp³-hybridized carbons (Fsp3) is 0.297. The van der Waals surface area contributed by atoms with Crippen LogP contribution >= 0.6 is 0 Å². The Bertz CT molecular complexity index is 1930. The van der Waals surface area contributed by atoms with Gasteiger partial charge in [-0.05, 0) is 90.7 Å². The standard InChI is InChI=1S/C37H38F2N6O3/c1-44-13-15-45(16-14-44)27-7-10-29(33(21-27)40-26-11-17-48-18-12-26)37(47)41-36-31-20-25(19-24-3-2-4-32(38)35(24)39)30(22-34(31)42-43-36)23-5-8-28(46)9-6-23/h2-10,20-22,26,40,46H,11-19H2,1H3,(H2,41,42,43,47). The predicted molar refractivity (Wildman–Crippen MR) is 184 cm³/mol. The molecule has 4 N–H and O–H groups in total. The van der Waals surface area contributed by atoms with Crippen LogP contribution in [0, 0.1) is 11.6 Å². The lowest BCUT2D eigenvalue weighted by Gasteiger charge is -2.34. The Morgan fingerprint density at radius 2 is 1.75 bits per heavy atom. The molecule has 2 aliphatic rings. The van der Waals surface area contributed by atoms with E-state index in [-0.39, 0.29) is 29.7 Å². The number of nitrogens with zero attached hydrogens (tertiary/aromatic N) is 3. The number of aromatic amines is 1. The molecule has 248 valence electrons. The van der Waals surface area contributed by atoms with E-state index in [1.54, 1.807) is 30.3 Å². The third kappa shape index (κ3) is 6.69. The molecule has 0 saturated carbocycles. The maximum absolute atomic E-state index is 14.8. The fourth-order valence-electron chi connectivity index (χ4n) is 6.50. The predicted octanol–water partition coefficient (Wildman–Crippen LogP) is 6.40. The highest BCUT2D eigenvalue weighted by atomic mass is 19.2. The molecular weight excluding hydrogens is 614 g/mol. The van der Waals surface area contributed by atoms with Gasteiger partial charge in [-0.3, -0.25) is 9.89 Å². The lowest BCUT2D eigenvalue weighted by atomic mass is 9.93. The molecule has 11 heteroatoms. The van der Waals surface area contributed by atoms with Gasteiger partial charge in [-0.25, -0.2) is 8.78 Å². The number of anilines is 3. The number of rotatable bonds is 8. The second-order valence-corrected chi connectivity index (χ2v) is 12.6. The van der Waals surface area contributed by atoms with Gasteiger partial charge in [0.1, 0.15) is 5.75 Å². The Morgan fingerprint density at radius 1 is 0.979 bits per heavy atom. The topological polar surface area (TPSA) is 106 Å². The Morgan fingerprint density at radius 3 is 2.52 bits per heavy atom. The van der Waals surface area contributed by atoms with Crippen molar-refractivity contribution < 1.29 is 23.4 Å². The normalized spacial score (nSPS) is 15.9. The molecule has 2 fully saturated rings. The van der Waals surface area contributed by atoms with Crippen molar-refractivity contribution >= 4 is 34.0 Å². The summed E-state index contributed by atoms with van der Waals surface area (Å²) in [6, 6.07) is 20.6. The molecule has 9 nitrogen and oxygen atoms in total. The molecule has 0 spiro atoms. The zero-order chi connectivity index (χ0) is 33.2. The van der Waals surface area contributed by atoms with Crippen LogP contribution in [0.15, 0.2) is 72.8 Å². The smallest absolute Gasteiger partial charge is 0.258 e. The molecule has 1 aromatic heterocycles. The second kappa shape index (κ2) is 13.6. The first-order chi connectivity index (χ1) is 23.3. The van der Waals surface area contributed by atoms with Crippen LogP contribution in [0.4, 0.5) is 26.0 Å². The fourth-order valence-corrected chi connectivity index (χ4v) is 6.50. The Kier molecular flexibility index (Phi) is 8.96. The average molecular weight is 653 g/mol. The van der Waals surface area contributed by atoms with E-state index in [2.05, 4.69) is 43.7 Å². The molecule has 0 aliphatic carbocycles. The number of hydrogen-bond acceptors (Lipinski definition) is 7. The highest BCUT2D eigenvalue weighted by Crippen LogP contribution is 2.35. The number of piperazine rings is 1. The van der Waals surface area contributed by atoms with Crippen LogP contribution < -0.4 is 15.5 Å². The largest absolute Gasteiger partial charge is 0.508 e. The minimum Gasteiger partial charge on any atom is -0.508 e. The van der Waals surface area contributed by atoms with Gasteiger partial charge >= 0.3 is 0 Å². The Balaban J connectivity index is 1.23. The molecule has 0 unspecified atom stereocenters. The van der Waals surface area contributed by atoms with Gasteiger partial charge in [-0.2, -0.15) is 5.10 Å². The lowest BCUT2D eigenvalue weighted by molar-refractivity contribution is 0.0904. The summed E-state index contributed by atoms with van der Waals surface area (Å²) in [5.41, 5.74) is 5.42. The first kappa shape index (κ1) is 31.6. The first-order valence-electron chi connectivity index (χ1n) is 16.3. The number of phenolic OH excluding ortho intramolecular Hbond substituents is 1. The van der Waals surface area contributed by atoms with Crippen molar-refractivity contribution in [2.75, 3.05) is 62.0 Å². The minimum absolute atomic E-state index is 0.0984. The number of H-pyrrole nitrogens is 1. The van der Waals surface area contributed by atoms with Crippen LogP contribution in [0.2, 0.25) is 0 Å². The van der Waals surface area contributed by atoms with Crippen molar-refractivity contribution in [2.45, 2.75) is 25.3 Å². The van der Waals surface area contributed by atoms with Crippen LogP contribution in [0.3, 0.4) is 0 Å². The summed E-state index contributed by atoms with van der Waals surface area (Å²) in [4.78, 5) is 18.6. The molecule has 5 aromatic rings. The summed E-state index contributed by atoms with van der Waals surface area (Å²) < 4.78 is 34.6. The third-order valence-electron chi connectivity index (χ3n) is 9.31. The lowest BCUT2D eigenvalue weighted by Crippen LogP contribution is -2.44. The summed E-state index contributed by atoms with van der Waals surface area (Å²) in [6.07, 6.45) is 1.80. The highest BCUT2D eigenvalue weighted by molar-refractivity contribution is 6.11. The number of amides is 1. The summed E-state index contributed by atoms with van der Waals surface area (Å²) >= 11 is 0. The maximum Gasteiger partial charge on any atom is 0.258 e. The van der Waals surface area contributed by atoms with Gasteiger partial charge in [0.05, 0.1) is 11.1 Å². The molecule has 0 bridgehead atoms. The Labute approximate surface area is 277 Å². The van der Waals surface area contributed by atoms with E-state index in [9.17, 15) is 18.7 Å². The van der Waals surface area contributed by atoms with Gasteiger partial charge in [0.25, 0.3) is 5.91 Å². The SMILES string of the molecule is CN1CCN(c2ccc(C(=O)Nc3n[nH]c4cc(-c5ccc(O)cc5)c(Cc5cccc(F)c5F)cc34)c(NC3CCOCC3)c2)CC1. The number of nitrogens with one attached hydrogen (secondary N) is 3. The van der Waals surface area contributed by atoms with Crippen LogP contribution in [0.25, 0.3) is 22.0 Å². The number of aromatic nitrogens is 2. The number of likely N-dealkylation sites (N-methyl/N-ethyl adjacent to an activating group) is 1. The van der Waals surface area contributed by atoms with Gasteiger partial charge in [-0.1, -0.05) is 24.3 Å². The number of halogens is 2. The summed E-state index contributed by atoms with van der Waals surface area (Å²) in [7, 11) is 2.12. The molecule has 3 heterocycles. The quantitative estimate of drug-likeness (QED) is 0.154. The summed E-state index contributed by atoms with van der Waals surface area (Å²) in [5.74, 6) is -1.69. The molecule has 1 amide bonds. The van der Waals surface area contributed by atoms with Gasteiger partial charge in [-0.15, -0.1) is 0 Å². The van der Waals surface area contributed by atoms with Crippen molar-refractivity contribution in [2.24, 2.45) is 0 Å². The zero-order valence-electron chi connectivity index (χ0n) is 26.7. The molecule has 0 atom stereocenters. The van der Waals surface area contributed by atoms with E-state index < -0.39 is 11.6 Å². The van der Waals surface area contributed by atoms with Crippen LogP contribution in [-0.2, 0) is 11.2 Å². The molecule has 0 radical (unpaired) electrons. The number of benzene rings is 4. The first-order valence-corrected chi connectivity index (χ1v) is 16.3. The molecule has 2 aliphatic heterocycles. The van der Waals surface area contributed by atoms with E-state index in [1.165, 1.54) is 6.07 Å². The van der Waals surface area contributed by atoms with E-state index in [0.29, 0.717) is 41.1 Å². The van der Waals surface area contributed by atoms with Gasteiger partial charge < -0.3 is 30.3 Å². The van der Waals surface area contributed by atoms with Crippen LogP contribution in [0.5, 0.6) is 5.75 Å². The van der Waals surface area contributed by atoms with Gasteiger partial charge in [0.2, 0.25) is 0 Å². The molecular formula is C37H38F2N6O3. The van der Waals surface area contributed by atoms with Gasteiger partial charge in [0, 0.05) is 68.6 Å². The maximum atomic E-state index is 14.8. The van der Waals surface area contributed by atoms with Crippen LogP contribution in [0.1, 0.15) is 34.3 Å². The van der Waals surface area contributed by atoms with Gasteiger partial charge in [0.15, 0.2) is 17.5 Å². The number of ether oxygens (including phenoxy) is 1. The van der Waals surface area contributed by atoms with Crippen molar-refractivity contribution in [3.63, 3.8) is 0 Å². The van der Waals surface area contributed by atoms with E-state index in [0.717, 1.165) is 67.6 Å². The molecule has 48 heavy (non-hydrogen) atoms. The highest BCUT2D eigenvalue weighted by Gasteiger charge is 2.23. The number of hydrogen-bond donors (Lipinski definition) is 4. The summed E-state index contributed by atoms with van der Waals surface area (Å²) in [6.45, 7) is 5.10. The average Bonchev–Trinajstić information content (AvgIpc) is 3.48. The van der Waals surface area contributed by atoms with Crippen molar-refractivity contribution in [1.29, 1.82) is 0 Å². The summed E-state index contributed by atoms with van der Waals surface area (Å²) in [5, 5.41) is 24.6. The number of carbonyl (C=O) groups excluding carboxylic acids is 1. The number of fused-ring (bicyclic) bond motifs is 1. The van der Waals surface area contributed by atoms with Crippen molar-refractivity contribution in [1.82, 2.24) is 15.1 Å². The Hall–Kier alpha value is -5.00. The van der Waals surface area contributed by atoms with E-state index in [1.807, 2.05) is 24.3 Å². The van der Waals surface area contributed by atoms with E-state index >= 15 is 0 Å². The molecule has 7 rings (SSSR count). The third-order valence-corrected chi connectivity index (χ3v) is 9.31. The second-order valence-electron chi connectivity index (χ2n) is 12.6. The van der Waals surface area contributed by atoms with Crippen LogP contribution in [-0.4, -0.2) is 78.6 Å². The minimum atomic E-state index is -0.917. The number of carbonyl (C=O) groups is 1. The molecule has 2 saturated heterocycles. The van der Waals surface area contributed by atoms with Crippen molar-refractivity contribution in [3.05, 3.63) is 101 Å². The van der Waals surface area contributed by atoms with Crippen molar-refractivity contribution in [3.8, 4) is 16.9 Å². The molecule has 4 aromatic carbocycles. The number of phenols is 1. The zero-order valence-corrected chi connectivity index (χ0v) is 26.7.